The number of hydrogen-bond donors (Lipinski definition) is 2. The highest BCUT2D eigenvalue weighted by Gasteiger charge is 2.25. The molecule has 0 saturated carbocycles. The van der Waals surface area contributed by atoms with Crippen molar-refractivity contribution in [2.24, 2.45) is 0 Å². The minimum atomic E-state index is -0.881. The second-order valence-electron chi connectivity index (χ2n) is 4.98. The number of hydrogen-bond acceptors (Lipinski definition) is 7. The molecule has 0 spiro atoms. The maximum absolute atomic E-state index is 12.1. The van der Waals surface area contributed by atoms with E-state index in [0.717, 1.165) is 6.07 Å². The van der Waals surface area contributed by atoms with Gasteiger partial charge in [0.25, 0.3) is 5.69 Å². The largest absolute Gasteiger partial charge is 0.463 e. The molecule has 2 amide bonds. The number of nitro groups is 1. The van der Waals surface area contributed by atoms with Gasteiger partial charge < -0.3 is 20.1 Å². The summed E-state index contributed by atoms with van der Waals surface area (Å²) in [5.41, 5.74) is -0.354. The van der Waals surface area contributed by atoms with Crippen LogP contribution in [0.1, 0.15) is 17.3 Å². The Morgan fingerprint density at radius 1 is 1.31 bits per heavy atom. The van der Waals surface area contributed by atoms with Gasteiger partial charge in [0.1, 0.15) is 11.6 Å². The molecule has 0 unspecified atom stereocenters. The fraction of sp³-hybridized carbons (Fsp3) is 0.267. The molecule has 10 nitrogen and oxygen atoms in total. The van der Waals surface area contributed by atoms with Crippen LogP contribution < -0.4 is 10.6 Å². The van der Waals surface area contributed by atoms with Crippen LogP contribution in [0.2, 0.25) is 5.02 Å². The van der Waals surface area contributed by atoms with Crippen molar-refractivity contribution < 1.29 is 28.8 Å². The van der Waals surface area contributed by atoms with E-state index in [1.54, 1.807) is 6.92 Å². The van der Waals surface area contributed by atoms with E-state index >= 15 is 0 Å². The number of rotatable bonds is 6. The Hall–Kier alpha value is -3.14. The third-order valence-electron chi connectivity index (χ3n) is 3.30. The summed E-state index contributed by atoms with van der Waals surface area (Å²) < 4.78 is 9.91. The molecule has 0 bridgehead atoms. The zero-order valence-corrected chi connectivity index (χ0v) is 14.3. The fourth-order valence-electron chi connectivity index (χ4n) is 2.07. The first kappa shape index (κ1) is 19.2. The Morgan fingerprint density at radius 3 is 2.69 bits per heavy atom. The highest BCUT2D eigenvalue weighted by Crippen LogP contribution is 2.25. The highest BCUT2D eigenvalue weighted by molar-refractivity contribution is 6.32. The van der Waals surface area contributed by atoms with E-state index in [0.29, 0.717) is 0 Å². The minimum absolute atomic E-state index is 0.0732. The van der Waals surface area contributed by atoms with Crippen LogP contribution >= 0.6 is 11.6 Å². The van der Waals surface area contributed by atoms with Gasteiger partial charge >= 0.3 is 18.0 Å². The smallest absolute Gasteiger partial charge is 0.338 e. The number of urea groups is 1. The third-order valence-corrected chi connectivity index (χ3v) is 3.62. The lowest BCUT2D eigenvalue weighted by Crippen LogP contribution is -2.45. The molecular formula is C15H14ClN3O7. The van der Waals surface area contributed by atoms with Crippen LogP contribution in [-0.2, 0) is 14.3 Å². The van der Waals surface area contributed by atoms with Gasteiger partial charge in [-0.1, -0.05) is 11.6 Å². The van der Waals surface area contributed by atoms with Crippen molar-refractivity contribution in [3.8, 4) is 0 Å². The van der Waals surface area contributed by atoms with Crippen molar-refractivity contribution in [3.63, 3.8) is 0 Å². The zero-order valence-electron chi connectivity index (χ0n) is 13.5. The SMILES string of the molecule is CCOC(=O)C1=C(COC(=O)c2ccc(Cl)c([N+](=O)[O-])c2)NC(=O)NC1. The molecular weight excluding hydrogens is 370 g/mol. The molecule has 0 aliphatic carbocycles. The van der Waals surface area contributed by atoms with E-state index in [4.69, 9.17) is 21.1 Å². The topological polar surface area (TPSA) is 137 Å². The van der Waals surface area contributed by atoms with Crippen molar-refractivity contribution in [3.05, 3.63) is 50.2 Å². The molecule has 0 aromatic heterocycles. The summed E-state index contributed by atoms with van der Waals surface area (Å²) in [6, 6.07) is 2.88. The monoisotopic (exact) mass is 383 g/mol. The van der Waals surface area contributed by atoms with Gasteiger partial charge in [0, 0.05) is 6.07 Å². The first-order valence-corrected chi connectivity index (χ1v) is 7.76. The summed E-state index contributed by atoms with van der Waals surface area (Å²) >= 11 is 5.69. The van der Waals surface area contributed by atoms with Crippen LogP contribution in [0.15, 0.2) is 29.5 Å². The molecule has 2 N–H and O–H groups in total. The molecule has 1 aromatic rings. The van der Waals surface area contributed by atoms with Gasteiger partial charge in [-0.3, -0.25) is 10.1 Å². The number of amides is 2. The maximum Gasteiger partial charge on any atom is 0.338 e. The Morgan fingerprint density at radius 2 is 2.04 bits per heavy atom. The van der Waals surface area contributed by atoms with E-state index < -0.39 is 35.2 Å². The highest BCUT2D eigenvalue weighted by atomic mass is 35.5. The standard InChI is InChI=1S/C15H14ClN3O7/c1-2-25-14(21)9-6-17-15(22)18-11(9)7-26-13(20)8-3-4-10(16)12(5-8)19(23)24/h3-5H,2,6-7H2,1H3,(H2,17,18,22). The lowest BCUT2D eigenvalue weighted by molar-refractivity contribution is -0.384. The van der Waals surface area contributed by atoms with Crippen molar-refractivity contribution in [2.45, 2.75) is 6.92 Å². The normalized spacial score (nSPS) is 13.5. The number of benzene rings is 1. The first-order valence-electron chi connectivity index (χ1n) is 7.38. The number of ether oxygens (including phenoxy) is 2. The second kappa shape index (κ2) is 8.30. The van der Waals surface area contributed by atoms with Crippen LogP contribution in [0.5, 0.6) is 0 Å². The van der Waals surface area contributed by atoms with Crippen LogP contribution in [0.4, 0.5) is 10.5 Å². The summed E-state index contributed by atoms with van der Waals surface area (Å²) in [5.74, 6) is -1.54. The maximum atomic E-state index is 12.1. The van der Waals surface area contributed by atoms with Crippen LogP contribution in [0, 0.1) is 10.1 Å². The van der Waals surface area contributed by atoms with Crippen LogP contribution in [-0.4, -0.2) is 42.7 Å². The van der Waals surface area contributed by atoms with Crippen LogP contribution in [0.25, 0.3) is 0 Å². The van der Waals surface area contributed by atoms with Crippen LogP contribution in [0.3, 0.4) is 0 Å². The number of carbonyl (C=O) groups excluding carboxylic acids is 3. The molecule has 138 valence electrons. The number of carbonyl (C=O) groups is 3. The zero-order chi connectivity index (χ0) is 19.3. The molecule has 1 heterocycles. The Balaban J connectivity index is 2.16. The Labute approximate surface area is 152 Å². The average Bonchev–Trinajstić information content (AvgIpc) is 2.60. The molecule has 0 atom stereocenters. The molecule has 11 heteroatoms. The number of nitrogens with zero attached hydrogens (tertiary/aromatic N) is 1. The quantitative estimate of drug-likeness (QED) is 0.431. The van der Waals surface area contributed by atoms with E-state index in [-0.39, 0.29) is 35.0 Å². The summed E-state index contributed by atoms with van der Waals surface area (Å²) in [7, 11) is 0. The van der Waals surface area contributed by atoms with Gasteiger partial charge in [0.2, 0.25) is 0 Å². The van der Waals surface area contributed by atoms with Gasteiger partial charge in [-0.15, -0.1) is 0 Å². The lowest BCUT2D eigenvalue weighted by Gasteiger charge is -2.21. The summed E-state index contributed by atoms with van der Waals surface area (Å²) in [4.78, 5) is 45.6. The van der Waals surface area contributed by atoms with Crippen molar-refractivity contribution >= 4 is 35.3 Å². The molecule has 0 saturated heterocycles. The summed E-state index contributed by atoms with van der Waals surface area (Å²) in [6.45, 7) is 1.26. The molecule has 26 heavy (non-hydrogen) atoms. The summed E-state index contributed by atoms with van der Waals surface area (Å²) in [6.07, 6.45) is 0. The average molecular weight is 384 g/mol. The molecule has 1 aliphatic rings. The van der Waals surface area contributed by atoms with E-state index in [2.05, 4.69) is 10.6 Å². The van der Waals surface area contributed by atoms with Gasteiger partial charge in [-0.25, -0.2) is 14.4 Å². The fourth-order valence-corrected chi connectivity index (χ4v) is 2.26. The molecule has 2 rings (SSSR count). The number of nitrogens with one attached hydrogen (secondary N) is 2. The van der Waals surface area contributed by atoms with E-state index in [9.17, 15) is 24.5 Å². The molecule has 0 fully saturated rings. The number of nitro benzene ring substituents is 1. The number of halogens is 1. The molecule has 1 aliphatic heterocycles. The molecule has 0 radical (unpaired) electrons. The Bertz CT molecular complexity index is 806. The minimum Gasteiger partial charge on any atom is -0.463 e. The third kappa shape index (κ3) is 4.48. The predicted molar refractivity (Wildman–Crippen MR) is 88.6 cm³/mol. The van der Waals surface area contributed by atoms with Crippen molar-refractivity contribution in [1.29, 1.82) is 0 Å². The summed E-state index contributed by atoms with van der Waals surface area (Å²) in [5, 5.41) is 15.5. The first-order chi connectivity index (χ1) is 12.3. The molecule has 1 aromatic carbocycles. The van der Waals surface area contributed by atoms with Crippen molar-refractivity contribution in [1.82, 2.24) is 10.6 Å². The number of esters is 2. The van der Waals surface area contributed by atoms with Gasteiger partial charge in [-0.2, -0.15) is 0 Å². The van der Waals surface area contributed by atoms with E-state index in [1.165, 1.54) is 12.1 Å². The van der Waals surface area contributed by atoms with E-state index in [1.807, 2.05) is 0 Å². The van der Waals surface area contributed by atoms with Crippen molar-refractivity contribution in [2.75, 3.05) is 19.8 Å². The van der Waals surface area contributed by atoms with Gasteiger partial charge in [-0.05, 0) is 19.1 Å². The van der Waals surface area contributed by atoms with Gasteiger partial charge in [0.05, 0.1) is 34.9 Å². The predicted octanol–water partition coefficient (Wildman–Crippen LogP) is 1.53. The Kier molecular flexibility index (Phi) is 6.12. The second-order valence-corrected chi connectivity index (χ2v) is 5.39. The van der Waals surface area contributed by atoms with Gasteiger partial charge in [0.15, 0.2) is 0 Å². The lowest BCUT2D eigenvalue weighted by atomic mass is 10.1.